The van der Waals surface area contributed by atoms with Crippen LogP contribution in [0.5, 0.6) is 0 Å². The van der Waals surface area contributed by atoms with Gasteiger partial charge >= 0.3 is 0 Å². The summed E-state index contributed by atoms with van der Waals surface area (Å²) in [6, 6.07) is 4.26. The summed E-state index contributed by atoms with van der Waals surface area (Å²) in [5.41, 5.74) is 1.26. The predicted molar refractivity (Wildman–Crippen MR) is 98.2 cm³/mol. The number of anilines is 1. The minimum atomic E-state index is 0.312. The third kappa shape index (κ3) is 4.47. The van der Waals surface area contributed by atoms with Gasteiger partial charge in [0, 0.05) is 53.1 Å². The number of hydrogen-bond acceptors (Lipinski definition) is 5. The van der Waals surface area contributed by atoms with E-state index in [0.717, 1.165) is 32.0 Å². The Morgan fingerprint density at radius 2 is 1.83 bits per heavy atom. The van der Waals surface area contributed by atoms with Crippen molar-refractivity contribution in [2.45, 2.75) is 25.8 Å². The molecule has 1 aromatic rings. The SMILES string of the molecule is CN(C)c1ccc(CN2C[C@@H](CN3CCCCC3)[C@@H](CO)C2)cn1. The molecule has 3 rings (SSSR count). The molecule has 0 aromatic carbocycles. The number of piperidine rings is 1. The number of aliphatic hydroxyl groups excluding tert-OH is 1. The number of nitrogens with zero attached hydrogens (tertiary/aromatic N) is 4. The van der Waals surface area contributed by atoms with Gasteiger partial charge in [0.2, 0.25) is 0 Å². The smallest absolute Gasteiger partial charge is 0.127 e. The standard InChI is InChI=1S/C19H32N4O/c1-21(2)19-7-6-16(10-20-19)11-23-13-17(18(14-23)15-24)12-22-8-4-3-5-9-22/h6-7,10,17-18,24H,3-5,8-9,11-15H2,1-2H3/t17-,18-/m1/s1. The van der Waals surface area contributed by atoms with Gasteiger partial charge in [-0.25, -0.2) is 4.98 Å². The summed E-state index contributed by atoms with van der Waals surface area (Å²) in [4.78, 5) is 11.6. The molecule has 0 amide bonds. The Kier molecular flexibility index (Phi) is 6.09. The normalized spacial score (nSPS) is 26.0. The van der Waals surface area contributed by atoms with Crippen LogP contribution in [0.25, 0.3) is 0 Å². The van der Waals surface area contributed by atoms with Crippen molar-refractivity contribution in [1.29, 1.82) is 0 Å². The van der Waals surface area contributed by atoms with Gasteiger partial charge in [-0.3, -0.25) is 4.90 Å². The zero-order valence-electron chi connectivity index (χ0n) is 15.2. The molecule has 1 aromatic heterocycles. The number of aromatic nitrogens is 1. The van der Waals surface area contributed by atoms with Crippen LogP contribution >= 0.6 is 0 Å². The molecule has 1 N–H and O–H groups in total. The lowest BCUT2D eigenvalue weighted by Gasteiger charge is -2.30. The maximum absolute atomic E-state index is 9.78. The van der Waals surface area contributed by atoms with Gasteiger partial charge in [-0.05, 0) is 49.4 Å². The highest BCUT2D eigenvalue weighted by Gasteiger charge is 2.33. The number of pyridine rings is 1. The van der Waals surface area contributed by atoms with Crippen LogP contribution < -0.4 is 4.90 Å². The minimum Gasteiger partial charge on any atom is -0.396 e. The van der Waals surface area contributed by atoms with Crippen LogP contribution in [0.3, 0.4) is 0 Å². The van der Waals surface area contributed by atoms with E-state index in [1.807, 2.05) is 25.2 Å². The van der Waals surface area contributed by atoms with Gasteiger partial charge in [0.15, 0.2) is 0 Å². The van der Waals surface area contributed by atoms with Crippen LogP contribution in [-0.4, -0.2) is 73.3 Å². The molecule has 24 heavy (non-hydrogen) atoms. The van der Waals surface area contributed by atoms with E-state index in [0.29, 0.717) is 18.4 Å². The van der Waals surface area contributed by atoms with Crippen LogP contribution in [0.4, 0.5) is 5.82 Å². The monoisotopic (exact) mass is 332 g/mol. The molecule has 2 saturated heterocycles. The molecule has 2 fully saturated rings. The molecule has 134 valence electrons. The summed E-state index contributed by atoms with van der Waals surface area (Å²) < 4.78 is 0. The highest BCUT2D eigenvalue weighted by molar-refractivity contribution is 5.37. The first-order valence-corrected chi connectivity index (χ1v) is 9.33. The Balaban J connectivity index is 1.55. The molecule has 3 heterocycles. The third-order valence-electron chi connectivity index (χ3n) is 5.50. The van der Waals surface area contributed by atoms with E-state index < -0.39 is 0 Å². The van der Waals surface area contributed by atoms with E-state index in [2.05, 4.69) is 26.9 Å². The van der Waals surface area contributed by atoms with E-state index >= 15 is 0 Å². The average molecular weight is 332 g/mol. The fourth-order valence-electron chi connectivity index (χ4n) is 4.09. The fraction of sp³-hybridized carbons (Fsp3) is 0.737. The van der Waals surface area contributed by atoms with Crippen LogP contribution in [0, 0.1) is 11.8 Å². The second kappa shape index (κ2) is 8.28. The van der Waals surface area contributed by atoms with E-state index in [4.69, 9.17) is 0 Å². The largest absolute Gasteiger partial charge is 0.396 e. The van der Waals surface area contributed by atoms with E-state index in [9.17, 15) is 5.11 Å². The quantitative estimate of drug-likeness (QED) is 0.858. The topological polar surface area (TPSA) is 42.8 Å². The average Bonchev–Trinajstić information content (AvgIpc) is 2.97. The summed E-state index contributed by atoms with van der Waals surface area (Å²) in [5.74, 6) is 2.01. The first-order valence-electron chi connectivity index (χ1n) is 9.33. The molecule has 5 heteroatoms. The van der Waals surface area contributed by atoms with Crippen LogP contribution in [0.1, 0.15) is 24.8 Å². The summed E-state index contributed by atoms with van der Waals surface area (Å²) in [6.45, 7) is 6.98. The first-order chi connectivity index (χ1) is 11.7. The van der Waals surface area contributed by atoms with Gasteiger partial charge in [-0.1, -0.05) is 12.5 Å². The van der Waals surface area contributed by atoms with Crippen molar-refractivity contribution in [2.24, 2.45) is 11.8 Å². The maximum Gasteiger partial charge on any atom is 0.127 e. The Hall–Kier alpha value is -1.17. The highest BCUT2D eigenvalue weighted by Crippen LogP contribution is 2.26. The molecule has 0 saturated carbocycles. The van der Waals surface area contributed by atoms with Gasteiger partial charge in [0.25, 0.3) is 0 Å². The summed E-state index contributed by atoms with van der Waals surface area (Å²) >= 11 is 0. The Labute approximate surface area is 146 Å². The van der Waals surface area contributed by atoms with Crippen molar-refractivity contribution in [3.63, 3.8) is 0 Å². The molecular weight excluding hydrogens is 300 g/mol. The lowest BCUT2D eigenvalue weighted by atomic mass is 9.95. The molecule has 0 bridgehead atoms. The zero-order chi connectivity index (χ0) is 16.9. The number of aliphatic hydroxyl groups is 1. The highest BCUT2D eigenvalue weighted by atomic mass is 16.3. The fourth-order valence-corrected chi connectivity index (χ4v) is 4.09. The second-order valence-electron chi connectivity index (χ2n) is 7.68. The maximum atomic E-state index is 9.78. The molecule has 0 radical (unpaired) electrons. The van der Waals surface area contributed by atoms with E-state index in [1.54, 1.807) is 0 Å². The van der Waals surface area contributed by atoms with Gasteiger partial charge in [0.05, 0.1) is 0 Å². The van der Waals surface area contributed by atoms with Crippen molar-refractivity contribution in [3.8, 4) is 0 Å². The summed E-state index contributed by atoms with van der Waals surface area (Å²) in [7, 11) is 4.03. The summed E-state index contributed by atoms with van der Waals surface area (Å²) in [5, 5.41) is 9.78. The molecular formula is C19H32N4O. The second-order valence-corrected chi connectivity index (χ2v) is 7.68. The number of rotatable bonds is 6. The van der Waals surface area contributed by atoms with E-state index in [1.165, 1.54) is 37.9 Å². The first kappa shape index (κ1) is 17.6. The lowest BCUT2D eigenvalue weighted by Crippen LogP contribution is -2.37. The minimum absolute atomic E-state index is 0.312. The zero-order valence-corrected chi connectivity index (χ0v) is 15.2. The molecule has 2 atom stereocenters. The van der Waals surface area contributed by atoms with Crippen molar-refractivity contribution in [1.82, 2.24) is 14.8 Å². The Bertz CT molecular complexity index is 499. The lowest BCUT2D eigenvalue weighted by molar-refractivity contribution is 0.149. The van der Waals surface area contributed by atoms with Crippen molar-refractivity contribution in [3.05, 3.63) is 23.9 Å². The van der Waals surface area contributed by atoms with Gasteiger partial charge in [-0.15, -0.1) is 0 Å². The van der Waals surface area contributed by atoms with Crippen LogP contribution in [0.2, 0.25) is 0 Å². The van der Waals surface area contributed by atoms with Gasteiger partial charge in [-0.2, -0.15) is 0 Å². The molecule has 2 aliphatic heterocycles. The predicted octanol–water partition coefficient (Wildman–Crippen LogP) is 1.67. The molecule has 0 aliphatic carbocycles. The molecule has 0 unspecified atom stereocenters. The third-order valence-corrected chi connectivity index (χ3v) is 5.50. The van der Waals surface area contributed by atoms with E-state index in [-0.39, 0.29) is 0 Å². The van der Waals surface area contributed by atoms with Crippen molar-refractivity contribution in [2.75, 3.05) is 58.3 Å². The van der Waals surface area contributed by atoms with Crippen LogP contribution in [0.15, 0.2) is 18.3 Å². The van der Waals surface area contributed by atoms with Gasteiger partial charge < -0.3 is 14.9 Å². The molecule has 5 nitrogen and oxygen atoms in total. The molecule has 2 aliphatic rings. The summed E-state index contributed by atoms with van der Waals surface area (Å²) in [6.07, 6.45) is 6.04. The molecule has 0 spiro atoms. The van der Waals surface area contributed by atoms with Crippen LogP contribution in [-0.2, 0) is 6.54 Å². The Morgan fingerprint density at radius 1 is 1.08 bits per heavy atom. The van der Waals surface area contributed by atoms with Crippen molar-refractivity contribution < 1.29 is 5.11 Å². The Morgan fingerprint density at radius 3 is 2.46 bits per heavy atom. The number of likely N-dealkylation sites (tertiary alicyclic amines) is 2. The van der Waals surface area contributed by atoms with Gasteiger partial charge in [0.1, 0.15) is 5.82 Å². The number of hydrogen-bond donors (Lipinski definition) is 1. The van der Waals surface area contributed by atoms with Crippen molar-refractivity contribution >= 4 is 5.82 Å².